The normalized spacial score (nSPS) is 16.6. The van der Waals surface area contributed by atoms with Crippen LogP contribution in [0, 0.1) is 11.3 Å². The van der Waals surface area contributed by atoms with E-state index in [1.165, 1.54) is 16.2 Å². The van der Waals surface area contributed by atoms with E-state index < -0.39 is 12.2 Å². The van der Waals surface area contributed by atoms with Crippen molar-refractivity contribution in [3.63, 3.8) is 0 Å². The molecule has 0 saturated carbocycles. The Labute approximate surface area is 150 Å². The predicted octanol–water partition coefficient (Wildman–Crippen LogP) is 3.14. The van der Waals surface area contributed by atoms with Gasteiger partial charge in [0.1, 0.15) is 6.10 Å². The molecule has 122 valence electrons. The third-order valence-corrected chi connectivity index (χ3v) is 5.09. The number of carbonyl (C=O) groups excluding carboxylic acids is 2. The number of ether oxygens (including phenoxy) is 1. The van der Waals surface area contributed by atoms with Gasteiger partial charge in [0, 0.05) is 5.69 Å². The standard InChI is InChI=1S/C16H12BrN3O3S/c17-14-6-5-13(24-14)15(21)19-8-12-9-20(16(22)23-12)11-3-1-10(7-18)2-4-11/h1-6,12H,8-9H2,(H,19,21)/t12-/m0/s1. The van der Waals surface area contributed by atoms with Crippen LogP contribution in [0.2, 0.25) is 0 Å². The van der Waals surface area contributed by atoms with Gasteiger partial charge in [0.2, 0.25) is 0 Å². The molecule has 24 heavy (non-hydrogen) atoms. The molecule has 0 spiro atoms. The summed E-state index contributed by atoms with van der Waals surface area (Å²) in [6.07, 6.45) is -0.877. The van der Waals surface area contributed by atoms with Crippen LogP contribution in [0.25, 0.3) is 0 Å². The second-order valence-electron chi connectivity index (χ2n) is 5.09. The van der Waals surface area contributed by atoms with Gasteiger partial charge in [-0.25, -0.2) is 4.79 Å². The van der Waals surface area contributed by atoms with Crippen molar-refractivity contribution in [3.8, 4) is 6.07 Å². The van der Waals surface area contributed by atoms with E-state index in [-0.39, 0.29) is 12.5 Å². The minimum Gasteiger partial charge on any atom is -0.442 e. The van der Waals surface area contributed by atoms with Crippen molar-refractivity contribution < 1.29 is 14.3 Å². The molecule has 1 aliphatic heterocycles. The topological polar surface area (TPSA) is 82.4 Å². The number of carbonyl (C=O) groups is 2. The lowest BCUT2D eigenvalue weighted by Crippen LogP contribution is -2.34. The van der Waals surface area contributed by atoms with Crippen LogP contribution in [0.4, 0.5) is 10.5 Å². The summed E-state index contributed by atoms with van der Waals surface area (Å²) in [7, 11) is 0. The first kappa shape index (κ1) is 16.5. The lowest BCUT2D eigenvalue weighted by molar-refractivity contribution is 0.0920. The molecule has 2 heterocycles. The Morgan fingerprint density at radius 2 is 2.12 bits per heavy atom. The van der Waals surface area contributed by atoms with Crippen LogP contribution in [0.15, 0.2) is 40.2 Å². The molecule has 1 aromatic carbocycles. The van der Waals surface area contributed by atoms with Gasteiger partial charge in [-0.1, -0.05) is 0 Å². The molecule has 0 unspecified atom stereocenters. The van der Waals surface area contributed by atoms with Gasteiger partial charge in [0.05, 0.1) is 33.4 Å². The number of nitriles is 1. The molecule has 0 bridgehead atoms. The highest BCUT2D eigenvalue weighted by Crippen LogP contribution is 2.23. The average molecular weight is 406 g/mol. The van der Waals surface area contributed by atoms with Gasteiger partial charge in [-0.05, 0) is 52.3 Å². The summed E-state index contributed by atoms with van der Waals surface area (Å²) in [5.74, 6) is -0.196. The van der Waals surface area contributed by atoms with Crippen molar-refractivity contribution in [2.24, 2.45) is 0 Å². The number of cyclic esters (lactones) is 1. The van der Waals surface area contributed by atoms with Crippen LogP contribution < -0.4 is 10.2 Å². The number of amides is 2. The van der Waals surface area contributed by atoms with Crippen molar-refractivity contribution in [3.05, 3.63) is 50.6 Å². The Hall–Kier alpha value is -2.37. The smallest absolute Gasteiger partial charge is 0.414 e. The number of nitrogens with one attached hydrogen (secondary N) is 1. The molecule has 8 heteroatoms. The molecule has 2 amide bonds. The van der Waals surface area contributed by atoms with Crippen LogP contribution >= 0.6 is 27.3 Å². The molecule has 3 rings (SSSR count). The van der Waals surface area contributed by atoms with E-state index in [4.69, 9.17) is 10.00 Å². The lowest BCUT2D eigenvalue weighted by atomic mass is 10.2. The molecule has 1 atom stereocenters. The summed E-state index contributed by atoms with van der Waals surface area (Å²) < 4.78 is 6.16. The van der Waals surface area contributed by atoms with E-state index >= 15 is 0 Å². The zero-order valence-electron chi connectivity index (χ0n) is 12.4. The van der Waals surface area contributed by atoms with E-state index in [0.29, 0.717) is 22.7 Å². The molecule has 1 fully saturated rings. The first-order valence-electron chi connectivity index (χ1n) is 7.08. The van der Waals surface area contributed by atoms with Gasteiger partial charge in [-0.3, -0.25) is 9.69 Å². The summed E-state index contributed by atoms with van der Waals surface area (Å²) in [6, 6.07) is 12.3. The quantitative estimate of drug-likeness (QED) is 0.846. The van der Waals surface area contributed by atoms with Crippen LogP contribution in [0.1, 0.15) is 15.2 Å². The Kier molecular flexibility index (Phi) is 4.83. The molecule has 1 saturated heterocycles. The number of benzene rings is 1. The van der Waals surface area contributed by atoms with Crippen molar-refractivity contribution in [2.75, 3.05) is 18.0 Å². The molecular formula is C16H12BrN3O3S. The Morgan fingerprint density at radius 1 is 1.38 bits per heavy atom. The summed E-state index contributed by atoms with van der Waals surface area (Å²) in [5, 5.41) is 11.6. The van der Waals surface area contributed by atoms with Crippen LogP contribution in [0.5, 0.6) is 0 Å². The first-order valence-corrected chi connectivity index (χ1v) is 8.69. The second-order valence-corrected chi connectivity index (χ2v) is 7.55. The molecule has 1 aliphatic rings. The van der Waals surface area contributed by atoms with Crippen LogP contribution in [0.3, 0.4) is 0 Å². The minimum absolute atomic E-state index is 0.196. The first-order chi connectivity index (χ1) is 11.6. The van der Waals surface area contributed by atoms with E-state index in [1.807, 2.05) is 12.1 Å². The second kappa shape index (κ2) is 7.03. The van der Waals surface area contributed by atoms with Gasteiger partial charge in [-0.2, -0.15) is 5.26 Å². The number of rotatable bonds is 4. The van der Waals surface area contributed by atoms with E-state index in [0.717, 1.165) is 3.79 Å². The fourth-order valence-electron chi connectivity index (χ4n) is 2.28. The van der Waals surface area contributed by atoms with E-state index in [2.05, 4.69) is 21.2 Å². The summed E-state index contributed by atoms with van der Waals surface area (Å²) in [6.45, 7) is 0.589. The minimum atomic E-state index is -0.460. The molecular weight excluding hydrogens is 394 g/mol. The van der Waals surface area contributed by atoms with Crippen molar-refractivity contribution in [1.29, 1.82) is 5.26 Å². The van der Waals surface area contributed by atoms with Gasteiger partial charge in [0.15, 0.2) is 0 Å². The Morgan fingerprint density at radius 3 is 2.75 bits per heavy atom. The number of halogens is 1. The maximum Gasteiger partial charge on any atom is 0.414 e. The maximum atomic E-state index is 12.0. The van der Waals surface area contributed by atoms with Gasteiger partial charge in [-0.15, -0.1) is 11.3 Å². The van der Waals surface area contributed by atoms with Crippen molar-refractivity contribution in [2.45, 2.75) is 6.10 Å². The molecule has 2 aromatic rings. The van der Waals surface area contributed by atoms with Gasteiger partial charge >= 0.3 is 6.09 Å². The highest BCUT2D eigenvalue weighted by Gasteiger charge is 2.32. The van der Waals surface area contributed by atoms with E-state index in [9.17, 15) is 9.59 Å². The zero-order chi connectivity index (χ0) is 17.1. The Bertz CT molecular complexity index is 813. The highest BCUT2D eigenvalue weighted by molar-refractivity contribution is 9.11. The number of hydrogen-bond acceptors (Lipinski definition) is 5. The van der Waals surface area contributed by atoms with Crippen molar-refractivity contribution >= 4 is 45.0 Å². The third kappa shape index (κ3) is 3.58. The van der Waals surface area contributed by atoms with E-state index in [1.54, 1.807) is 30.3 Å². The summed E-state index contributed by atoms with van der Waals surface area (Å²) >= 11 is 4.65. The lowest BCUT2D eigenvalue weighted by Gasteiger charge is -2.13. The fourth-order valence-corrected chi connectivity index (χ4v) is 3.59. The SMILES string of the molecule is N#Cc1ccc(N2C[C@H](CNC(=O)c3ccc(Br)s3)OC2=O)cc1. The number of nitrogens with zero attached hydrogens (tertiary/aromatic N) is 2. The summed E-state index contributed by atoms with van der Waals surface area (Å²) in [4.78, 5) is 26.1. The van der Waals surface area contributed by atoms with Gasteiger partial charge in [0.25, 0.3) is 5.91 Å². The van der Waals surface area contributed by atoms with Crippen LogP contribution in [-0.2, 0) is 4.74 Å². The monoisotopic (exact) mass is 405 g/mol. The average Bonchev–Trinajstić information content (AvgIpc) is 3.18. The molecule has 1 aromatic heterocycles. The number of thiophene rings is 1. The Balaban J connectivity index is 1.58. The fraction of sp³-hybridized carbons (Fsp3) is 0.188. The number of hydrogen-bond donors (Lipinski definition) is 1. The third-order valence-electron chi connectivity index (χ3n) is 3.47. The largest absolute Gasteiger partial charge is 0.442 e. The maximum absolute atomic E-state index is 12.0. The highest BCUT2D eigenvalue weighted by atomic mass is 79.9. The van der Waals surface area contributed by atoms with Gasteiger partial charge < -0.3 is 10.1 Å². The van der Waals surface area contributed by atoms with Crippen LogP contribution in [-0.4, -0.2) is 31.2 Å². The molecule has 0 aliphatic carbocycles. The summed E-state index contributed by atoms with van der Waals surface area (Å²) in [5.41, 5.74) is 1.19. The molecule has 1 N–H and O–H groups in total. The zero-order valence-corrected chi connectivity index (χ0v) is 14.8. The molecule has 6 nitrogen and oxygen atoms in total. The number of anilines is 1. The predicted molar refractivity (Wildman–Crippen MR) is 93.1 cm³/mol. The molecule has 0 radical (unpaired) electrons. The van der Waals surface area contributed by atoms with Crippen molar-refractivity contribution in [1.82, 2.24) is 5.32 Å².